The molecule has 214 valence electrons. The van der Waals surface area contributed by atoms with Gasteiger partial charge in [0.25, 0.3) is 5.91 Å². The number of rotatable bonds is 17. The lowest BCUT2D eigenvalue weighted by Gasteiger charge is -2.14. The minimum Gasteiger partial charge on any atom is -0.493 e. The number of methoxy groups -OCH3 is 1. The first kappa shape index (κ1) is 31.0. The fraction of sp³-hybridized carbons (Fsp3) is 0.375. The molecule has 3 aromatic rings. The SMILES string of the molecule is CCCCCCCCOc1c(Br)cc(/C=N/NC(=O)c2ccc(OCc3ccccc3)c(OC)c2)cc1OCC. The van der Waals surface area contributed by atoms with E-state index < -0.39 is 0 Å². The van der Waals surface area contributed by atoms with Crippen molar-refractivity contribution in [2.45, 2.75) is 59.0 Å². The maximum absolute atomic E-state index is 12.7. The van der Waals surface area contributed by atoms with Crippen molar-refractivity contribution in [3.05, 3.63) is 81.8 Å². The molecule has 8 heteroatoms. The van der Waals surface area contributed by atoms with E-state index in [0.717, 1.165) is 28.4 Å². The van der Waals surface area contributed by atoms with Gasteiger partial charge in [0.15, 0.2) is 23.0 Å². The number of halogens is 1. The van der Waals surface area contributed by atoms with Crippen molar-refractivity contribution in [1.29, 1.82) is 0 Å². The van der Waals surface area contributed by atoms with Crippen LogP contribution in [0.3, 0.4) is 0 Å². The van der Waals surface area contributed by atoms with Gasteiger partial charge in [-0.3, -0.25) is 4.79 Å². The van der Waals surface area contributed by atoms with Crippen LogP contribution >= 0.6 is 15.9 Å². The molecule has 0 bridgehead atoms. The third kappa shape index (κ3) is 9.90. The van der Waals surface area contributed by atoms with Gasteiger partial charge in [-0.05, 0) is 70.7 Å². The molecule has 0 saturated carbocycles. The summed E-state index contributed by atoms with van der Waals surface area (Å²) < 4.78 is 24.0. The first-order valence-electron chi connectivity index (χ1n) is 13.8. The summed E-state index contributed by atoms with van der Waals surface area (Å²) in [7, 11) is 1.54. The Morgan fingerprint density at radius 3 is 2.40 bits per heavy atom. The smallest absolute Gasteiger partial charge is 0.271 e. The van der Waals surface area contributed by atoms with Gasteiger partial charge in [0, 0.05) is 5.56 Å². The molecule has 1 N–H and O–H groups in total. The van der Waals surface area contributed by atoms with E-state index in [1.54, 1.807) is 31.5 Å². The molecular weight excluding hydrogens is 572 g/mol. The van der Waals surface area contributed by atoms with Crippen molar-refractivity contribution in [2.24, 2.45) is 5.10 Å². The van der Waals surface area contributed by atoms with E-state index in [-0.39, 0.29) is 5.91 Å². The van der Waals surface area contributed by atoms with Crippen LogP contribution < -0.4 is 24.4 Å². The Labute approximate surface area is 246 Å². The number of hydrazone groups is 1. The average Bonchev–Trinajstić information content (AvgIpc) is 2.97. The Morgan fingerprint density at radius 1 is 0.875 bits per heavy atom. The number of carbonyl (C=O) groups excluding carboxylic acids is 1. The second-order valence-corrected chi connectivity index (χ2v) is 10.1. The van der Waals surface area contributed by atoms with Crippen molar-refractivity contribution in [3.63, 3.8) is 0 Å². The lowest BCUT2D eigenvalue weighted by atomic mass is 10.1. The van der Waals surface area contributed by atoms with Gasteiger partial charge in [0.2, 0.25) is 0 Å². The topological polar surface area (TPSA) is 78.4 Å². The third-order valence-electron chi connectivity index (χ3n) is 6.12. The molecule has 0 spiro atoms. The predicted octanol–water partition coefficient (Wildman–Crippen LogP) is 7.94. The Morgan fingerprint density at radius 2 is 1.65 bits per heavy atom. The van der Waals surface area contributed by atoms with E-state index in [9.17, 15) is 4.79 Å². The van der Waals surface area contributed by atoms with Crippen LogP contribution in [0.1, 0.15) is 73.9 Å². The maximum Gasteiger partial charge on any atom is 0.271 e. The van der Waals surface area contributed by atoms with Gasteiger partial charge in [0.05, 0.1) is 31.0 Å². The number of nitrogens with zero attached hydrogens (tertiary/aromatic N) is 1. The first-order valence-corrected chi connectivity index (χ1v) is 14.6. The van der Waals surface area contributed by atoms with E-state index in [2.05, 4.69) is 33.4 Å². The van der Waals surface area contributed by atoms with Crippen molar-refractivity contribution in [1.82, 2.24) is 5.43 Å². The highest BCUT2D eigenvalue weighted by Crippen LogP contribution is 2.37. The van der Waals surface area contributed by atoms with Crippen LogP contribution in [-0.2, 0) is 6.61 Å². The maximum atomic E-state index is 12.7. The highest BCUT2D eigenvalue weighted by Gasteiger charge is 2.13. The number of ether oxygens (including phenoxy) is 4. The molecule has 0 aliphatic carbocycles. The van der Waals surface area contributed by atoms with Crippen molar-refractivity contribution in [3.8, 4) is 23.0 Å². The van der Waals surface area contributed by atoms with Crippen LogP contribution in [0.25, 0.3) is 0 Å². The molecule has 1 amide bonds. The van der Waals surface area contributed by atoms with Crippen LogP contribution in [0.15, 0.2) is 70.2 Å². The zero-order valence-electron chi connectivity index (χ0n) is 23.6. The summed E-state index contributed by atoms with van der Waals surface area (Å²) in [6.07, 6.45) is 8.76. The van der Waals surface area contributed by atoms with Crippen LogP contribution in [0.4, 0.5) is 0 Å². The van der Waals surface area contributed by atoms with E-state index in [1.807, 2.05) is 49.4 Å². The quantitative estimate of drug-likeness (QED) is 0.0953. The summed E-state index contributed by atoms with van der Waals surface area (Å²) in [5.74, 6) is 1.96. The zero-order valence-corrected chi connectivity index (χ0v) is 25.2. The predicted molar refractivity (Wildman–Crippen MR) is 163 cm³/mol. The number of benzene rings is 3. The van der Waals surface area contributed by atoms with Gasteiger partial charge in [-0.15, -0.1) is 0 Å². The number of carbonyl (C=O) groups is 1. The lowest BCUT2D eigenvalue weighted by Crippen LogP contribution is -2.17. The molecule has 7 nitrogen and oxygen atoms in total. The van der Waals surface area contributed by atoms with Gasteiger partial charge in [-0.1, -0.05) is 69.4 Å². The normalized spacial score (nSPS) is 10.9. The van der Waals surface area contributed by atoms with Gasteiger partial charge in [-0.2, -0.15) is 5.10 Å². The summed E-state index contributed by atoms with van der Waals surface area (Å²) in [5, 5.41) is 4.14. The Hall–Kier alpha value is -3.52. The van der Waals surface area contributed by atoms with E-state index in [1.165, 1.54) is 25.7 Å². The standard InChI is InChI=1S/C32H39BrN2O5/c1-4-6-7-8-9-13-18-39-31-27(33)19-25(20-30(31)38-5-2)22-34-35-32(36)26-16-17-28(29(21-26)37-3)40-23-24-14-11-10-12-15-24/h10-12,14-17,19-22H,4-9,13,18,23H2,1-3H3,(H,35,36)/b34-22+. The summed E-state index contributed by atoms with van der Waals surface area (Å²) >= 11 is 3.60. The highest BCUT2D eigenvalue weighted by atomic mass is 79.9. The highest BCUT2D eigenvalue weighted by molar-refractivity contribution is 9.10. The minimum absolute atomic E-state index is 0.368. The van der Waals surface area contributed by atoms with Crippen molar-refractivity contribution < 1.29 is 23.7 Å². The largest absolute Gasteiger partial charge is 0.493 e. The molecule has 0 radical (unpaired) electrons. The second-order valence-electron chi connectivity index (χ2n) is 9.22. The first-order chi connectivity index (χ1) is 19.5. The summed E-state index contributed by atoms with van der Waals surface area (Å²) in [4.78, 5) is 12.7. The van der Waals surface area contributed by atoms with Gasteiger partial charge in [0.1, 0.15) is 6.61 Å². The number of nitrogens with one attached hydrogen (secondary N) is 1. The number of hydrogen-bond donors (Lipinski definition) is 1. The van der Waals surface area contributed by atoms with Crippen molar-refractivity contribution >= 4 is 28.1 Å². The molecule has 0 aliphatic rings. The average molecular weight is 612 g/mol. The molecule has 0 saturated heterocycles. The summed E-state index contributed by atoms with van der Waals surface area (Å²) in [6, 6.07) is 18.6. The molecule has 0 heterocycles. The molecule has 0 fully saturated rings. The number of hydrogen-bond acceptors (Lipinski definition) is 6. The van der Waals surface area contributed by atoms with E-state index >= 15 is 0 Å². The Bertz CT molecular complexity index is 1230. The van der Waals surface area contributed by atoms with Crippen LogP contribution in [0.5, 0.6) is 23.0 Å². The molecule has 0 unspecified atom stereocenters. The molecule has 0 atom stereocenters. The fourth-order valence-electron chi connectivity index (χ4n) is 4.02. The van der Waals surface area contributed by atoms with Gasteiger partial charge >= 0.3 is 0 Å². The van der Waals surface area contributed by atoms with Crippen LogP contribution in [0, 0.1) is 0 Å². The lowest BCUT2D eigenvalue weighted by molar-refractivity contribution is 0.0954. The number of unbranched alkanes of at least 4 members (excludes halogenated alkanes) is 5. The van der Waals surface area contributed by atoms with Crippen LogP contribution in [-0.4, -0.2) is 32.4 Å². The molecule has 0 aromatic heterocycles. The van der Waals surface area contributed by atoms with E-state index in [4.69, 9.17) is 18.9 Å². The van der Waals surface area contributed by atoms with Crippen molar-refractivity contribution in [2.75, 3.05) is 20.3 Å². The Balaban J connectivity index is 1.58. The minimum atomic E-state index is -0.368. The molecular formula is C32H39BrN2O5. The van der Waals surface area contributed by atoms with Crippen LogP contribution in [0.2, 0.25) is 0 Å². The molecule has 40 heavy (non-hydrogen) atoms. The number of amides is 1. The molecule has 3 aromatic carbocycles. The molecule has 0 aliphatic heterocycles. The third-order valence-corrected chi connectivity index (χ3v) is 6.71. The monoisotopic (exact) mass is 610 g/mol. The van der Waals surface area contributed by atoms with Gasteiger partial charge < -0.3 is 18.9 Å². The van der Waals surface area contributed by atoms with Gasteiger partial charge in [-0.25, -0.2) is 5.43 Å². The second kappa shape index (κ2) is 17.2. The summed E-state index contributed by atoms with van der Waals surface area (Å²) in [5.41, 5.74) is 4.76. The fourth-order valence-corrected chi connectivity index (χ4v) is 4.59. The zero-order chi connectivity index (χ0) is 28.6. The van der Waals surface area contributed by atoms with E-state index in [0.29, 0.717) is 48.4 Å². The Kier molecular flexibility index (Phi) is 13.4. The molecule has 3 rings (SSSR count). The summed E-state index contributed by atoms with van der Waals surface area (Å²) in [6.45, 7) is 5.68.